The lowest BCUT2D eigenvalue weighted by Crippen LogP contribution is -2.50. The standard InChI is InChI=1S/C64H88N6O10S/c1-12-15-16-25-53(68-64(77)79-37-52-49-23-19-17-21-47(49)48-22-18-20-24-50(48)52)59(73)65-45-28-26-44(27-29-45)34-46(33-42(8)63(76)78-11)66-60(74)54-38-81-61(67-54)58(80-43(9)71)36-55(39(4)5)70(14-3)62(75)51(41(7)13-2)35-57(72)56-32-40(6)30-31-69(56)10/h17-24,26-29,38-42,46,51-53,55-56,58H,12-16,25,30-37H2,1-11H3,(H,65,73)(H,66,74)(H,68,77)/t40-,41+,42+,46-,51+,53+,55-,56-,58-/m1/s1. The van der Waals surface area contributed by atoms with Crippen LogP contribution in [0.1, 0.15) is 171 Å². The van der Waals surface area contributed by atoms with Gasteiger partial charge >= 0.3 is 18.0 Å². The van der Waals surface area contributed by atoms with Crippen LogP contribution in [-0.2, 0) is 44.6 Å². The number of likely N-dealkylation sites (N-methyl/N-ethyl adjacent to an activating group) is 1. The zero-order valence-electron chi connectivity index (χ0n) is 49.6. The summed E-state index contributed by atoms with van der Waals surface area (Å²) in [6.45, 7) is 18.7. The van der Waals surface area contributed by atoms with E-state index in [2.05, 4.69) is 59.0 Å². The molecule has 0 saturated carbocycles. The van der Waals surface area contributed by atoms with E-state index in [1.807, 2.05) is 83.0 Å². The average Bonchev–Trinajstić information content (AvgIpc) is 4.18. The number of hydrogen-bond donors (Lipinski definition) is 3. The number of methoxy groups -OCH3 is 1. The fourth-order valence-electron chi connectivity index (χ4n) is 11.6. The number of carbonyl (C=O) groups is 7. The predicted octanol–water partition coefficient (Wildman–Crippen LogP) is 11.3. The molecule has 1 aliphatic carbocycles. The monoisotopic (exact) mass is 1130 g/mol. The Bertz CT molecular complexity index is 2720. The number of thiazole rings is 1. The molecule has 3 N–H and O–H groups in total. The van der Waals surface area contributed by atoms with Gasteiger partial charge in [0.25, 0.3) is 5.91 Å². The Morgan fingerprint density at radius 2 is 1.53 bits per heavy atom. The van der Waals surface area contributed by atoms with Crippen molar-refractivity contribution < 1.29 is 47.8 Å². The molecule has 0 bridgehead atoms. The van der Waals surface area contributed by atoms with Gasteiger partial charge in [0.2, 0.25) is 11.8 Å². The molecule has 0 unspecified atom stereocenters. The molecule has 16 nitrogen and oxygen atoms in total. The highest BCUT2D eigenvalue weighted by molar-refractivity contribution is 7.09. The van der Waals surface area contributed by atoms with Crippen molar-refractivity contribution >= 4 is 58.6 Å². The van der Waals surface area contributed by atoms with Gasteiger partial charge < -0.3 is 35.1 Å². The Morgan fingerprint density at radius 1 is 0.864 bits per heavy atom. The lowest BCUT2D eigenvalue weighted by molar-refractivity contribution is -0.150. The van der Waals surface area contributed by atoms with E-state index < -0.39 is 60.0 Å². The first-order valence-electron chi connectivity index (χ1n) is 29.3. The van der Waals surface area contributed by atoms with Crippen molar-refractivity contribution in [3.05, 3.63) is 106 Å². The Kier molecular flexibility index (Phi) is 24.0. The Balaban J connectivity index is 1.12. The van der Waals surface area contributed by atoms with Gasteiger partial charge in [-0.15, -0.1) is 11.3 Å². The number of nitrogens with one attached hydrogen (secondary N) is 3. The maximum atomic E-state index is 14.8. The van der Waals surface area contributed by atoms with Crippen LogP contribution >= 0.6 is 11.3 Å². The minimum Gasteiger partial charge on any atom is -0.469 e. The summed E-state index contributed by atoms with van der Waals surface area (Å²) < 4.78 is 16.8. The number of anilines is 1. The molecule has 4 aromatic rings. The van der Waals surface area contributed by atoms with Crippen LogP contribution in [0.2, 0.25) is 0 Å². The van der Waals surface area contributed by atoms with Crippen molar-refractivity contribution in [3.63, 3.8) is 0 Å². The van der Waals surface area contributed by atoms with Gasteiger partial charge in [-0.1, -0.05) is 135 Å². The van der Waals surface area contributed by atoms with Gasteiger partial charge in [0.1, 0.15) is 23.4 Å². The molecule has 0 radical (unpaired) electrons. The van der Waals surface area contributed by atoms with Gasteiger partial charge in [-0.25, -0.2) is 9.78 Å². The number of Topliss-reactive ketones (excluding diaryl/α,β-unsaturated/α-hetero) is 1. The van der Waals surface area contributed by atoms with Crippen molar-refractivity contribution in [2.75, 3.05) is 39.2 Å². The molecule has 0 spiro atoms. The number of aromatic nitrogens is 1. The van der Waals surface area contributed by atoms with E-state index in [1.54, 1.807) is 24.4 Å². The molecule has 2 aliphatic rings. The number of carbonyl (C=O) groups excluding carboxylic acids is 7. The van der Waals surface area contributed by atoms with Crippen LogP contribution in [0.4, 0.5) is 10.5 Å². The molecule has 4 amide bonds. The molecule has 440 valence electrons. The lowest BCUT2D eigenvalue weighted by atomic mass is 9.81. The second kappa shape index (κ2) is 30.6. The maximum absolute atomic E-state index is 14.8. The average molecular weight is 1130 g/mol. The third kappa shape index (κ3) is 17.3. The number of unbranched alkanes of at least 4 members (excludes halogenated alkanes) is 2. The van der Waals surface area contributed by atoms with Gasteiger partial charge in [0, 0.05) is 61.3 Å². The molecule has 9 atom stereocenters. The molecule has 6 rings (SSSR count). The Hall–Kier alpha value is -6.46. The Labute approximate surface area is 484 Å². The molecule has 1 saturated heterocycles. The topological polar surface area (TPSA) is 203 Å². The first-order valence-corrected chi connectivity index (χ1v) is 30.2. The summed E-state index contributed by atoms with van der Waals surface area (Å²) in [4.78, 5) is 104. The van der Waals surface area contributed by atoms with E-state index in [-0.39, 0.29) is 73.0 Å². The number of hydrogen-bond acceptors (Lipinski definition) is 13. The van der Waals surface area contributed by atoms with Crippen LogP contribution in [0.25, 0.3) is 11.1 Å². The number of piperidine rings is 1. The molecule has 1 aliphatic heterocycles. The number of fused-ring (bicyclic) bond motifs is 3. The molecular weight excluding hydrogens is 1040 g/mol. The predicted molar refractivity (Wildman–Crippen MR) is 317 cm³/mol. The summed E-state index contributed by atoms with van der Waals surface area (Å²) >= 11 is 1.18. The minimum atomic E-state index is -0.881. The number of nitrogens with zero attached hydrogens (tertiary/aromatic N) is 3. The lowest BCUT2D eigenvalue weighted by Gasteiger charge is -2.39. The van der Waals surface area contributed by atoms with Crippen molar-refractivity contribution in [1.29, 1.82) is 0 Å². The summed E-state index contributed by atoms with van der Waals surface area (Å²) in [6, 6.07) is 21.4. The van der Waals surface area contributed by atoms with Crippen molar-refractivity contribution in [2.24, 2.45) is 29.6 Å². The molecule has 1 aromatic heterocycles. The van der Waals surface area contributed by atoms with Crippen LogP contribution in [0, 0.1) is 29.6 Å². The zero-order valence-corrected chi connectivity index (χ0v) is 50.4. The van der Waals surface area contributed by atoms with Crippen LogP contribution < -0.4 is 16.0 Å². The van der Waals surface area contributed by atoms with Gasteiger partial charge in [0.15, 0.2) is 11.9 Å². The number of benzene rings is 3. The summed E-state index contributed by atoms with van der Waals surface area (Å²) in [5.74, 6) is -2.72. The number of amides is 4. The van der Waals surface area contributed by atoms with Crippen LogP contribution in [0.3, 0.4) is 0 Å². The van der Waals surface area contributed by atoms with E-state index in [0.717, 1.165) is 72.9 Å². The molecule has 3 aromatic carbocycles. The molecular formula is C64H88N6O10S. The molecule has 2 heterocycles. The third-order valence-corrected chi connectivity index (χ3v) is 17.4. The number of ether oxygens (including phenoxy) is 3. The van der Waals surface area contributed by atoms with Crippen LogP contribution in [-0.4, -0.2) is 114 Å². The second-order valence-electron chi connectivity index (χ2n) is 22.9. The largest absolute Gasteiger partial charge is 0.469 e. The number of rotatable bonds is 29. The number of ketones is 1. The van der Waals surface area contributed by atoms with Crippen molar-refractivity contribution in [1.82, 2.24) is 25.4 Å². The maximum Gasteiger partial charge on any atom is 0.407 e. The molecule has 1 fully saturated rings. The normalized spacial score (nSPS) is 17.7. The molecule has 81 heavy (non-hydrogen) atoms. The van der Waals surface area contributed by atoms with Crippen molar-refractivity contribution in [3.8, 4) is 11.1 Å². The van der Waals surface area contributed by atoms with Crippen LogP contribution in [0.5, 0.6) is 0 Å². The first kappa shape index (κ1) is 63.7. The third-order valence-electron chi connectivity index (χ3n) is 16.5. The second-order valence-corrected chi connectivity index (χ2v) is 23.8. The van der Waals surface area contributed by atoms with E-state index in [0.29, 0.717) is 36.0 Å². The summed E-state index contributed by atoms with van der Waals surface area (Å²) in [5, 5.41) is 10.9. The van der Waals surface area contributed by atoms with E-state index in [4.69, 9.17) is 19.2 Å². The van der Waals surface area contributed by atoms with E-state index in [1.165, 1.54) is 25.4 Å². The van der Waals surface area contributed by atoms with Crippen molar-refractivity contribution in [2.45, 2.75) is 169 Å². The summed E-state index contributed by atoms with van der Waals surface area (Å²) in [7, 11) is 3.31. The highest BCUT2D eigenvalue weighted by Gasteiger charge is 2.39. The Morgan fingerprint density at radius 3 is 2.14 bits per heavy atom. The summed E-state index contributed by atoms with van der Waals surface area (Å²) in [6.07, 6.45) is 4.90. The van der Waals surface area contributed by atoms with E-state index in [9.17, 15) is 33.6 Å². The quantitative estimate of drug-likeness (QED) is 0.0264. The minimum absolute atomic E-state index is 0.0429. The highest BCUT2D eigenvalue weighted by Crippen LogP contribution is 2.44. The fraction of sp³-hybridized carbons (Fsp3) is 0.562. The highest BCUT2D eigenvalue weighted by atomic mass is 32.1. The fourth-order valence-corrected chi connectivity index (χ4v) is 12.4. The smallest absolute Gasteiger partial charge is 0.407 e. The zero-order chi connectivity index (χ0) is 58.9. The number of esters is 2. The van der Waals surface area contributed by atoms with Gasteiger partial charge in [-0.3, -0.25) is 33.7 Å². The molecule has 17 heteroatoms. The summed E-state index contributed by atoms with van der Waals surface area (Å²) in [5.41, 5.74) is 5.85. The number of alkyl carbamates (subject to hydrolysis) is 1. The van der Waals surface area contributed by atoms with Gasteiger partial charge in [0.05, 0.1) is 19.1 Å². The van der Waals surface area contributed by atoms with Gasteiger partial charge in [-0.2, -0.15) is 0 Å². The van der Waals surface area contributed by atoms with Gasteiger partial charge in [-0.05, 0) is 110 Å². The van der Waals surface area contributed by atoms with Crippen LogP contribution in [0.15, 0.2) is 78.2 Å². The SMILES string of the molecule is CCCCC[C@H](NC(=O)OCC1c2ccccc2-c2ccccc21)C(=O)Nc1ccc(C[C@@H](C[C@H](C)C(=O)OC)NC(=O)c2csc([C@@H](C[C@H](C(C)C)N(CC)C(=O)[C@@H](CC(=O)[C@H]3C[C@H](C)CCN3C)[C@@H](C)CC)OC(C)=O)n2)cc1. The number of likely N-dealkylation sites (tertiary alicyclic amines) is 1. The first-order chi connectivity index (χ1) is 38.8. The van der Waals surface area contributed by atoms with E-state index >= 15 is 0 Å².